The van der Waals surface area contributed by atoms with Gasteiger partial charge in [-0.25, -0.2) is 0 Å². The van der Waals surface area contributed by atoms with E-state index < -0.39 is 17.3 Å². The second-order valence-corrected chi connectivity index (χ2v) is 8.64. The summed E-state index contributed by atoms with van der Waals surface area (Å²) in [4.78, 5) is 0. The van der Waals surface area contributed by atoms with E-state index in [1.807, 2.05) is 30.3 Å². The molecule has 0 saturated carbocycles. The molecule has 0 fully saturated rings. The number of aromatic nitrogens is 4. The van der Waals surface area contributed by atoms with Crippen molar-refractivity contribution in [3.05, 3.63) is 77.1 Å². The molecule has 3 N–H and O–H groups in total. The van der Waals surface area contributed by atoms with Crippen molar-refractivity contribution in [1.29, 1.82) is 0 Å². The Labute approximate surface area is 186 Å². The average Bonchev–Trinajstić information content (AvgIpc) is 3.44. The summed E-state index contributed by atoms with van der Waals surface area (Å²) < 4.78 is 43.4. The zero-order chi connectivity index (χ0) is 22.9. The zero-order valence-electron chi connectivity index (χ0n) is 17.0. The van der Waals surface area contributed by atoms with Crippen LogP contribution in [0.2, 0.25) is 0 Å². The third kappa shape index (κ3) is 4.57. The number of nitrogens with zero attached hydrogens (tertiary/aromatic N) is 4. The number of aliphatic hydroxyl groups excluding tert-OH is 1. The minimum Gasteiger partial charge on any atom is -0.394 e. The summed E-state index contributed by atoms with van der Waals surface area (Å²) in [6.07, 6.45) is -1.55. The molecule has 6 nitrogen and oxygen atoms in total. The highest BCUT2D eigenvalue weighted by molar-refractivity contribution is 7.14. The normalized spacial score (nSPS) is 13.8. The van der Waals surface area contributed by atoms with Crippen molar-refractivity contribution >= 4 is 11.3 Å². The van der Waals surface area contributed by atoms with Crippen LogP contribution in [0.3, 0.4) is 0 Å². The van der Waals surface area contributed by atoms with Gasteiger partial charge in [-0.2, -0.15) is 18.3 Å². The molecule has 0 saturated heterocycles. The number of hydrogen-bond donors (Lipinski definition) is 2. The third-order valence-corrected chi connectivity index (χ3v) is 6.20. The fraction of sp³-hybridized carbons (Fsp3) is 0.227. The second kappa shape index (κ2) is 8.45. The Morgan fingerprint density at radius 1 is 1.06 bits per heavy atom. The Kier molecular flexibility index (Phi) is 5.85. The maximum atomic E-state index is 13.9. The van der Waals surface area contributed by atoms with Crippen molar-refractivity contribution in [2.45, 2.75) is 25.2 Å². The molecule has 0 aliphatic rings. The topological polar surface area (TPSA) is 89.8 Å². The van der Waals surface area contributed by atoms with Crippen LogP contribution in [0, 0.1) is 0 Å². The first-order valence-corrected chi connectivity index (χ1v) is 10.5. The fourth-order valence-corrected chi connectivity index (χ4v) is 4.05. The van der Waals surface area contributed by atoms with E-state index in [2.05, 4.69) is 15.3 Å². The highest BCUT2D eigenvalue weighted by atomic mass is 32.1. The smallest absolute Gasteiger partial charge is 0.394 e. The molecule has 166 valence electrons. The number of aliphatic hydroxyl groups is 1. The standard InChI is InChI=1S/C22H20F3N5OS/c1-21(26,13-31)20-29-28-19(32-20)15-7-8-17(18(9-15)22(23,24)25)16-10-27-30(12-16)11-14-5-3-2-4-6-14/h2-10,12,31H,11,13,26H2,1H3/t21-/m0/s1. The maximum Gasteiger partial charge on any atom is 0.417 e. The summed E-state index contributed by atoms with van der Waals surface area (Å²) in [7, 11) is 0. The summed E-state index contributed by atoms with van der Waals surface area (Å²) in [5.74, 6) is 0. The van der Waals surface area contributed by atoms with Gasteiger partial charge in [0.1, 0.15) is 10.0 Å². The molecular formula is C22H20F3N5OS. The van der Waals surface area contributed by atoms with Crippen molar-refractivity contribution in [1.82, 2.24) is 20.0 Å². The third-order valence-electron chi connectivity index (χ3n) is 4.95. The summed E-state index contributed by atoms with van der Waals surface area (Å²) in [5.41, 5.74) is 5.72. The molecule has 0 spiro atoms. The van der Waals surface area contributed by atoms with Crippen molar-refractivity contribution < 1.29 is 18.3 Å². The van der Waals surface area contributed by atoms with E-state index in [4.69, 9.17) is 5.73 Å². The van der Waals surface area contributed by atoms with Crippen LogP contribution in [0.4, 0.5) is 13.2 Å². The van der Waals surface area contributed by atoms with E-state index in [1.165, 1.54) is 12.3 Å². The maximum absolute atomic E-state index is 13.9. The van der Waals surface area contributed by atoms with Gasteiger partial charge in [-0.05, 0) is 24.1 Å². The Morgan fingerprint density at radius 3 is 2.50 bits per heavy atom. The van der Waals surface area contributed by atoms with Crippen LogP contribution in [-0.4, -0.2) is 31.7 Å². The number of alkyl halides is 3. The largest absolute Gasteiger partial charge is 0.417 e. The molecule has 4 aromatic rings. The van der Waals surface area contributed by atoms with Gasteiger partial charge >= 0.3 is 6.18 Å². The number of nitrogens with two attached hydrogens (primary N) is 1. The first-order valence-electron chi connectivity index (χ1n) is 9.69. The first-order chi connectivity index (χ1) is 15.2. The Morgan fingerprint density at radius 2 is 1.81 bits per heavy atom. The van der Waals surface area contributed by atoms with Crippen molar-refractivity contribution in [2.24, 2.45) is 5.73 Å². The van der Waals surface area contributed by atoms with Gasteiger partial charge in [0.25, 0.3) is 0 Å². The molecule has 0 unspecified atom stereocenters. The van der Waals surface area contributed by atoms with Crippen LogP contribution in [0.1, 0.15) is 23.1 Å². The summed E-state index contributed by atoms with van der Waals surface area (Å²) in [6, 6.07) is 13.6. The van der Waals surface area contributed by atoms with Crippen molar-refractivity contribution in [3.63, 3.8) is 0 Å². The lowest BCUT2D eigenvalue weighted by atomic mass is 9.99. The highest BCUT2D eigenvalue weighted by Gasteiger charge is 2.35. The van der Waals surface area contributed by atoms with Crippen LogP contribution in [0.25, 0.3) is 21.7 Å². The molecule has 2 heterocycles. The predicted octanol–water partition coefficient (Wildman–Crippen LogP) is 4.30. The van der Waals surface area contributed by atoms with Gasteiger partial charge in [0.2, 0.25) is 0 Å². The number of benzene rings is 2. The number of halogens is 3. The minimum absolute atomic E-state index is 0.0318. The van der Waals surface area contributed by atoms with Gasteiger partial charge in [0.15, 0.2) is 0 Å². The molecule has 0 radical (unpaired) electrons. The zero-order valence-corrected chi connectivity index (χ0v) is 17.9. The van der Waals surface area contributed by atoms with Gasteiger partial charge in [-0.15, -0.1) is 10.2 Å². The van der Waals surface area contributed by atoms with E-state index in [0.717, 1.165) is 23.0 Å². The monoisotopic (exact) mass is 459 g/mol. The molecule has 0 amide bonds. The summed E-state index contributed by atoms with van der Waals surface area (Å²) in [5, 5.41) is 22.2. The molecular weight excluding hydrogens is 439 g/mol. The van der Waals surface area contributed by atoms with Crippen molar-refractivity contribution in [3.8, 4) is 21.7 Å². The van der Waals surface area contributed by atoms with Crippen LogP contribution in [-0.2, 0) is 18.3 Å². The molecule has 4 rings (SSSR count). The van der Waals surface area contributed by atoms with Gasteiger partial charge in [-0.1, -0.05) is 53.8 Å². The minimum atomic E-state index is -4.58. The molecule has 2 aromatic heterocycles. The molecule has 1 atom stereocenters. The predicted molar refractivity (Wildman–Crippen MR) is 116 cm³/mol. The van der Waals surface area contributed by atoms with Crippen LogP contribution >= 0.6 is 11.3 Å². The first kappa shape index (κ1) is 22.1. The van der Waals surface area contributed by atoms with E-state index in [9.17, 15) is 18.3 Å². The van der Waals surface area contributed by atoms with E-state index in [1.54, 1.807) is 23.9 Å². The van der Waals surface area contributed by atoms with E-state index >= 15 is 0 Å². The van der Waals surface area contributed by atoms with Crippen molar-refractivity contribution in [2.75, 3.05) is 6.61 Å². The molecule has 2 aromatic carbocycles. The van der Waals surface area contributed by atoms with Crippen LogP contribution < -0.4 is 5.73 Å². The van der Waals surface area contributed by atoms with Gasteiger partial charge in [-0.3, -0.25) is 4.68 Å². The molecule has 0 aliphatic carbocycles. The quantitative estimate of drug-likeness (QED) is 0.449. The highest BCUT2D eigenvalue weighted by Crippen LogP contribution is 2.40. The van der Waals surface area contributed by atoms with Crippen LogP contribution in [0.15, 0.2) is 60.9 Å². The average molecular weight is 459 g/mol. The van der Waals surface area contributed by atoms with Gasteiger partial charge < -0.3 is 10.8 Å². The lowest BCUT2D eigenvalue weighted by Crippen LogP contribution is -2.36. The second-order valence-electron chi connectivity index (χ2n) is 7.66. The SMILES string of the molecule is C[C@](N)(CO)c1nnc(-c2ccc(-c3cnn(Cc4ccccc4)c3)c(C(F)(F)F)c2)s1. The fourth-order valence-electron chi connectivity index (χ4n) is 3.16. The van der Waals surface area contributed by atoms with Gasteiger partial charge in [0.05, 0.1) is 30.5 Å². The number of hydrogen-bond acceptors (Lipinski definition) is 6. The number of rotatable bonds is 6. The lowest BCUT2D eigenvalue weighted by Gasteiger charge is -2.16. The lowest BCUT2D eigenvalue weighted by molar-refractivity contribution is -0.137. The molecule has 32 heavy (non-hydrogen) atoms. The van der Waals surface area contributed by atoms with E-state index in [-0.39, 0.29) is 17.7 Å². The Balaban J connectivity index is 1.69. The summed E-state index contributed by atoms with van der Waals surface area (Å²) in [6.45, 7) is 1.67. The Hall–Kier alpha value is -3.08. The molecule has 10 heteroatoms. The Bertz CT molecular complexity index is 1220. The van der Waals surface area contributed by atoms with Gasteiger partial charge in [0, 0.05) is 17.3 Å². The van der Waals surface area contributed by atoms with Crippen LogP contribution in [0.5, 0.6) is 0 Å². The molecule has 0 bridgehead atoms. The van der Waals surface area contributed by atoms with E-state index in [0.29, 0.717) is 22.1 Å². The molecule has 0 aliphatic heterocycles. The summed E-state index contributed by atoms with van der Waals surface area (Å²) >= 11 is 1.05.